The molecule has 0 bridgehead atoms. The fourth-order valence-corrected chi connectivity index (χ4v) is 5.70. The summed E-state index contributed by atoms with van der Waals surface area (Å²) in [6.45, 7) is 3.73. The van der Waals surface area contributed by atoms with Crippen LogP contribution in [0.1, 0.15) is 38.3 Å². The van der Waals surface area contributed by atoms with Crippen molar-refractivity contribution in [1.29, 1.82) is 0 Å². The number of aromatic nitrogens is 2. The van der Waals surface area contributed by atoms with Gasteiger partial charge in [0.25, 0.3) is 21.3 Å². The zero-order valence-corrected chi connectivity index (χ0v) is 20.7. The number of para-hydroxylation sites is 1. The summed E-state index contributed by atoms with van der Waals surface area (Å²) in [6.07, 6.45) is 4.12. The standard InChI is InChI=1S/C24H29N5O5S/c1-16-9-7-8-12-20(16)25-21-14-13-19(15-22(21)29(31)32)35(33,34)26-23-17(2)27(3)28(24(23)30)18-10-5-4-6-11-18/h4-6,10-11,13-16,20,25-26H,7-9,12H2,1-3H3. The van der Waals surface area contributed by atoms with Gasteiger partial charge in [0.1, 0.15) is 11.4 Å². The highest BCUT2D eigenvalue weighted by Crippen LogP contribution is 2.33. The molecule has 35 heavy (non-hydrogen) atoms. The van der Waals surface area contributed by atoms with Gasteiger partial charge in [0.15, 0.2) is 0 Å². The third kappa shape index (κ3) is 4.81. The summed E-state index contributed by atoms with van der Waals surface area (Å²) in [6, 6.07) is 12.7. The molecule has 1 aliphatic carbocycles. The number of nitro benzene ring substituents is 1. The Balaban J connectivity index is 1.67. The van der Waals surface area contributed by atoms with Gasteiger partial charge in [-0.15, -0.1) is 0 Å². The van der Waals surface area contributed by atoms with Crippen molar-refractivity contribution in [3.63, 3.8) is 0 Å². The Hall–Kier alpha value is -3.60. The minimum Gasteiger partial charge on any atom is -0.376 e. The van der Waals surface area contributed by atoms with E-state index in [1.165, 1.54) is 16.8 Å². The molecule has 1 aliphatic rings. The number of anilines is 2. The van der Waals surface area contributed by atoms with Crippen LogP contribution in [0, 0.1) is 23.0 Å². The van der Waals surface area contributed by atoms with Crippen LogP contribution in [0.15, 0.2) is 58.2 Å². The maximum absolute atomic E-state index is 13.2. The van der Waals surface area contributed by atoms with Crippen LogP contribution >= 0.6 is 0 Å². The molecule has 0 spiro atoms. The number of nitro groups is 1. The van der Waals surface area contributed by atoms with Crippen LogP contribution in [0.3, 0.4) is 0 Å². The second-order valence-corrected chi connectivity index (χ2v) is 10.7. The van der Waals surface area contributed by atoms with Crippen molar-refractivity contribution < 1.29 is 13.3 Å². The van der Waals surface area contributed by atoms with E-state index in [4.69, 9.17) is 0 Å². The quantitative estimate of drug-likeness (QED) is 0.371. The third-order valence-corrected chi connectivity index (χ3v) is 8.07. The Morgan fingerprint density at radius 3 is 2.43 bits per heavy atom. The van der Waals surface area contributed by atoms with Gasteiger partial charge in [-0.1, -0.05) is 38.0 Å². The molecule has 3 aromatic rings. The Kier molecular flexibility index (Phi) is 6.70. The van der Waals surface area contributed by atoms with Crippen LogP contribution in [0.4, 0.5) is 17.1 Å². The number of nitrogens with zero attached hydrogens (tertiary/aromatic N) is 3. The van der Waals surface area contributed by atoms with E-state index in [9.17, 15) is 23.3 Å². The van der Waals surface area contributed by atoms with Gasteiger partial charge in [-0.3, -0.25) is 24.3 Å². The van der Waals surface area contributed by atoms with Gasteiger partial charge in [-0.05, 0) is 49.9 Å². The van der Waals surface area contributed by atoms with Gasteiger partial charge in [0.2, 0.25) is 0 Å². The molecule has 0 radical (unpaired) electrons. The minimum atomic E-state index is -4.27. The fraction of sp³-hybridized carbons (Fsp3) is 0.375. The summed E-state index contributed by atoms with van der Waals surface area (Å²) >= 11 is 0. The van der Waals surface area contributed by atoms with E-state index >= 15 is 0 Å². The van der Waals surface area contributed by atoms with Crippen LogP contribution in [0.2, 0.25) is 0 Å². The van der Waals surface area contributed by atoms with Crippen LogP contribution in [0.5, 0.6) is 0 Å². The molecule has 1 fully saturated rings. The predicted molar refractivity (Wildman–Crippen MR) is 135 cm³/mol. The first kappa shape index (κ1) is 24.5. The molecule has 1 saturated carbocycles. The predicted octanol–water partition coefficient (Wildman–Crippen LogP) is 4.18. The van der Waals surface area contributed by atoms with E-state index in [0.717, 1.165) is 31.7 Å². The summed E-state index contributed by atoms with van der Waals surface area (Å²) in [7, 11) is -2.62. The highest BCUT2D eigenvalue weighted by atomic mass is 32.2. The van der Waals surface area contributed by atoms with Crippen LogP contribution in [-0.2, 0) is 17.1 Å². The number of hydrogen-bond donors (Lipinski definition) is 2. The molecule has 11 heteroatoms. The van der Waals surface area contributed by atoms with E-state index in [2.05, 4.69) is 17.0 Å². The van der Waals surface area contributed by atoms with Gasteiger partial charge >= 0.3 is 0 Å². The number of benzene rings is 2. The second-order valence-electron chi connectivity index (χ2n) is 8.99. The van der Waals surface area contributed by atoms with E-state index in [0.29, 0.717) is 17.3 Å². The molecular formula is C24H29N5O5S. The smallest absolute Gasteiger partial charge is 0.296 e. The SMILES string of the molecule is Cc1c(NS(=O)(=O)c2ccc(NC3CCCCC3C)c([N+](=O)[O-])c2)c(=O)n(-c2ccccc2)n1C. The van der Waals surface area contributed by atoms with E-state index in [1.807, 2.05) is 6.07 Å². The Morgan fingerprint density at radius 2 is 1.77 bits per heavy atom. The average molecular weight is 500 g/mol. The summed E-state index contributed by atoms with van der Waals surface area (Å²) in [4.78, 5) is 24.0. The zero-order chi connectivity index (χ0) is 25.3. The van der Waals surface area contributed by atoms with Crippen molar-refractivity contribution in [3.05, 3.63) is 74.7 Å². The second kappa shape index (κ2) is 9.57. The van der Waals surface area contributed by atoms with Gasteiger partial charge in [-0.2, -0.15) is 0 Å². The Bertz CT molecular complexity index is 1410. The molecule has 4 rings (SSSR count). The first-order valence-electron chi connectivity index (χ1n) is 11.5. The number of rotatable bonds is 7. The van der Waals surface area contributed by atoms with Crippen molar-refractivity contribution in [2.24, 2.45) is 13.0 Å². The van der Waals surface area contributed by atoms with Gasteiger partial charge in [0.05, 0.1) is 21.2 Å². The molecule has 2 unspecified atom stereocenters. The van der Waals surface area contributed by atoms with Crippen molar-refractivity contribution in [1.82, 2.24) is 9.36 Å². The zero-order valence-electron chi connectivity index (χ0n) is 19.9. The van der Waals surface area contributed by atoms with Crippen molar-refractivity contribution >= 4 is 27.1 Å². The van der Waals surface area contributed by atoms with Crippen molar-refractivity contribution in [2.75, 3.05) is 10.0 Å². The first-order valence-corrected chi connectivity index (χ1v) is 13.0. The maximum Gasteiger partial charge on any atom is 0.296 e. The molecule has 0 saturated heterocycles. The van der Waals surface area contributed by atoms with E-state index in [1.54, 1.807) is 42.9 Å². The lowest BCUT2D eigenvalue weighted by atomic mass is 9.86. The monoisotopic (exact) mass is 499 g/mol. The fourth-order valence-electron chi connectivity index (χ4n) is 4.56. The van der Waals surface area contributed by atoms with Crippen molar-refractivity contribution in [2.45, 2.75) is 50.5 Å². The lowest BCUT2D eigenvalue weighted by Gasteiger charge is -2.30. The summed E-state index contributed by atoms with van der Waals surface area (Å²) in [5.74, 6) is 0.362. The van der Waals surface area contributed by atoms with Gasteiger partial charge in [-0.25, -0.2) is 13.1 Å². The highest BCUT2D eigenvalue weighted by Gasteiger charge is 2.28. The number of sulfonamides is 1. The summed E-state index contributed by atoms with van der Waals surface area (Å²) < 4.78 is 31.6. The lowest BCUT2D eigenvalue weighted by molar-refractivity contribution is -0.384. The molecule has 0 amide bonds. The van der Waals surface area contributed by atoms with E-state index < -0.39 is 20.5 Å². The Morgan fingerprint density at radius 1 is 1.09 bits per heavy atom. The topological polar surface area (TPSA) is 128 Å². The summed E-state index contributed by atoms with van der Waals surface area (Å²) in [5.41, 5.74) is 0.293. The van der Waals surface area contributed by atoms with Gasteiger partial charge in [0, 0.05) is 19.2 Å². The molecule has 0 aliphatic heterocycles. The highest BCUT2D eigenvalue weighted by molar-refractivity contribution is 7.92. The molecule has 186 valence electrons. The van der Waals surface area contributed by atoms with Crippen LogP contribution < -0.4 is 15.6 Å². The first-order chi connectivity index (χ1) is 16.6. The number of nitrogens with one attached hydrogen (secondary N) is 2. The molecular weight excluding hydrogens is 470 g/mol. The Labute approximate surface area is 203 Å². The number of hydrogen-bond acceptors (Lipinski definition) is 6. The molecule has 2 atom stereocenters. The summed E-state index contributed by atoms with van der Waals surface area (Å²) in [5, 5.41) is 15.0. The normalized spacial score (nSPS) is 18.3. The minimum absolute atomic E-state index is 0.0893. The molecule has 10 nitrogen and oxygen atoms in total. The van der Waals surface area contributed by atoms with Crippen LogP contribution in [-0.4, -0.2) is 28.7 Å². The largest absolute Gasteiger partial charge is 0.376 e. The maximum atomic E-state index is 13.2. The van der Waals surface area contributed by atoms with Crippen molar-refractivity contribution in [3.8, 4) is 5.69 Å². The molecule has 2 N–H and O–H groups in total. The average Bonchev–Trinajstić information content (AvgIpc) is 3.03. The third-order valence-electron chi connectivity index (χ3n) is 6.72. The molecule has 1 heterocycles. The van der Waals surface area contributed by atoms with Crippen LogP contribution in [0.25, 0.3) is 5.69 Å². The molecule has 1 aromatic heterocycles. The lowest BCUT2D eigenvalue weighted by Crippen LogP contribution is -2.30. The van der Waals surface area contributed by atoms with Gasteiger partial charge < -0.3 is 5.32 Å². The van der Waals surface area contributed by atoms with E-state index in [-0.39, 0.29) is 28.0 Å². The molecule has 2 aromatic carbocycles.